The van der Waals surface area contributed by atoms with Crippen LogP contribution in [0.2, 0.25) is 5.02 Å². The number of benzene rings is 2. The van der Waals surface area contributed by atoms with E-state index >= 15 is 0 Å². The van der Waals surface area contributed by atoms with Crippen LogP contribution in [0.15, 0.2) is 42.5 Å². The summed E-state index contributed by atoms with van der Waals surface area (Å²) in [5.74, 6) is -0.0541. The molecule has 1 aliphatic carbocycles. The lowest BCUT2D eigenvalue weighted by atomic mass is 9.92. The molecule has 0 bridgehead atoms. The monoisotopic (exact) mass is 540 g/mol. The summed E-state index contributed by atoms with van der Waals surface area (Å²) < 4.78 is 45.5. The number of nitro groups is 1. The zero-order valence-corrected chi connectivity index (χ0v) is 20.8. The van der Waals surface area contributed by atoms with E-state index in [0.29, 0.717) is 43.8 Å². The number of halogens is 4. The van der Waals surface area contributed by atoms with Gasteiger partial charge < -0.3 is 19.9 Å². The summed E-state index contributed by atoms with van der Waals surface area (Å²) in [6.45, 7) is 2.67. The zero-order chi connectivity index (χ0) is 26.6. The summed E-state index contributed by atoms with van der Waals surface area (Å²) in [6.07, 6.45) is -2.29. The Bertz CT molecular complexity index is 1100. The minimum Gasteiger partial charge on any atom is -0.382 e. The number of alkyl halides is 3. The fraction of sp³-hybridized carbons (Fsp3) is 0.480. The molecule has 1 heterocycles. The smallest absolute Gasteiger partial charge is 0.382 e. The molecule has 2 fully saturated rings. The van der Waals surface area contributed by atoms with Crippen molar-refractivity contribution in [2.24, 2.45) is 0 Å². The highest BCUT2D eigenvalue weighted by atomic mass is 35.5. The van der Waals surface area contributed by atoms with Gasteiger partial charge in [-0.3, -0.25) is 14.9 Å². The quantitative estimate of drug-likeness (QED) is 0.376. The number of ether oxygens (including phenoxy) is 1. The summed E-state index contributed by atoms with van der Waals surface area (Å²) in [5, 5.41) is 14.7. The van der Waals surface area contributed by atoms with Gasteiger partial charge in [0.2, 0.25) is 5.91 Å². The van der Waals surface area contributed by atoms with E-state index in [9.17, 15) is 28.1 Å². The Hall–Kier alpha value is -3.05. The summed E-state index contributed by atoms with van der Waals surface area (Å²) >= 11 is 5.95. The van der Waals surface area contributed by atoms with Gasteiger partial charge in [0.15, 0.2) is 0 Å². The van der Waals surface area contributed by atoms with Crippen molar-refractivity contribution in [1.29, 1.82) is 0 Å². The first kappa shape index (κ1) is 27.0. The van der Waals surface area contributed by atoms with Gasteiger partial charge >= 0.3 is 6.18 Å². The van der Waals surface area contributed by atoms with E-state index in [1.165, 1.54) is 6.07 Å². The third kappa shape index (κ3) is 7.04. The molecule has 0 radical (unpaired) electrons. The molecule has 37 heavy (non-hydrogen) atoms. The predicted octanol–water partition coefficient (Wildman–Crippen LogP) is 5.36. The second-order valence-corrected chi connectivity index (χ2v) is 9.70. The van der Waals surface area contributed by atoms with Crippen molar-refractivity contribution in [3.8, 4) is 0 Å². The molecule has 1 N–H and O–H groups in total. The van der Waals surface area contributed by atoms with Gasteiger partial charge in [-0.1, -0.05) is 11.6 Å². The Morgan fingerprint density at radius 2 is 1.70 bits per heavy atom. The van der Waals surface area contributed by atoms with E-state index in [1.54, 1.807) is 4.90 Å². The van der Waals surface area contributed by atoms with Gasteiger partial charge in [0.25, 0.3) is 5.69 Å². The number of amides is 1. The standard InChI is InChI=1S/C25H28ClF3N4O4/c26-17-1-6-20(7-2-17)31-11-13-32(14-12-31)24(34)16-37-21-8-3-18(4-9-21)30-19-5-10-23(33(35)36)22(15-19)25(27,28)29/h1-2,5-7,10,15,18,21,30H,3-4,8-9,11-14,16H2/t18-,21-. The number of nitrogens with zero attached hydrogens (tertiary/aromatic N) is 3. The lowest BCUT2D eigenvalue weighted by Gasteiger charge is -2.36. The first-order valence-electron chi connectivity index (χ1n) is 12.1. The van der Waals surface area contributed by atoms with Gasteiger partial charge in [0.05, 0.1) is 11.0 Å². The van der Waals surface area contributed by atoms with E-state index in [0.717, 1.165) is 30.9 Å². The van der Waals surface area contributed by atoms with Crippen LogP contribution in [0, 0.1) is 10.1 Å². The molecule has 0 spiro atoms. The van der Waals surface area contributed by atoms with Crippen LogP contribution in [-0.4, -0.2) is 60.7 Å². The van der Waals surface area contributed by atoms with Crippen molar-refractivity contribution in [2.45, 2.75) is 44.0 Å². The topological polar surface area (TPSA) is 87.9 Å². The Kier molecular flexibility index (Phi) is 8.43. The number of rotatable bonds is 7. The molecular weight excluding hydrogens is 513 g/mol. The van der Waals surface area contributed by atoms with Crippen molar-refractivity contribution in [2.75, 3.05) is 43.0 Å². The fourth-order valence-electron chi connectivity index (χ4n) is 4.77. The van der Waals surface area contributed by atoms with E-state index in [2.05, 4.69) is 10.2 Å². The minimum absolute atomic E-state index is 0.000994. The van der Waals surface area contributed by atoms with Crippen molar-refractivity contribution < 1.29 is 27.6 Å². The Morgan fingerprint density at radius 1 is 1.05 bits per heavy atom. The Labute approximate surface area is 217 Å². The molecule has 8 nitrogen and oxygen atoms in total. The number of hydrogen-bond acceptors (Lipinski definition) is 6. The van der Waals surface area contributed by atoms with E-state index in [4.69, 9.17) is 16.3 Å². The van der Waals surface area contributed by atoms with Gasteiger partial charge in [-0.2, -0.15) is 13.2 Å². The van der Waals surface area contributed by atoms with Crippen LogP contribution in [0.4, 0.5) is 30.2 Å². The third-order valence-corrected chi connectivity index (χ3v) is 7.06. The molecule has 1 aliphatic heterocycles. The van der Waals surface area contributed by atoms with Gasteiger partial charge in [-0.15, -0.1) is 0 Å². The van der Waals surface area contributed by atoms with Crippen LogP contribution in [0.3, 0.4) is 0 Å². The van der Waals surface area contributed by atoms with Gasteiger partial charge in [-0.25, -0.2) is 0 Å². The third-order valence-electron chi connectivity index (χ3n) is 6.81. The largest absolute Gasteiger partial charge is 0.423 e. The average Bonchev–Trinajstić information content (AvgIpc) is 2.88. The number of piperazine rings is 1. The molecule has 12 heteroatoms. The highest BCUT2D eigenvalue weighted by molar-refractivity contribution is 6.30. The van der Waals surface area contributed by atoms with Crippen LogP contribution >= 0.6 is 11.6 Å². The summed E-state index contributed by atoms with van der Waals surface area (Å²) in [4.78, 5) is 26.5. The maximum atomic E-state index is 13.2. The molecule has 1 saturated heterocycles. The molecule has 4 rings (SSSR count). The van der Waals surface area contributed by atoms with Gasteiger partial charge in [-0.05, 0) is 62.1 Å². The normalized spacial score (nSPS) is 20.5. The van der Waals surface area contributed by atoms with E-state index in [1.807, 2.05) is 24.3 Å². The highest BCUT2D eigenvalue weighted by Gasteiger charge is 2.38. The summed E-state index contributed by atoms with van der Waals surface area (Å²) in [6, 6.07) is 10.5. The Morgan fingerprint density at radius 3 is 2.30 bits per heavy atom. The molecule has 0 aromatic heterocycles. The number of carbonyl (C=O) groups is 1. The molecular formula is C25H28ClF3N4O4. The molecule has 2 aliphatic rings. The second kappa shape index (κ2) is 11.6. The summed E-state index contributed by atoms with van der Waals surface area (Å²) in [7, 11) is 0. The van der Waals surface area contributed by atoms with E-state index in [-0.39, 0.29) is 30.3 Å². The van der Waals surface area contributed by atoms with Crippen LogP contribution < -0.4 is 10.2 Å². The molecule has 2 aromatic rings. The van der Waals surface area contributed by atoms with Gasteiger partial charge in [0, 0.05) is 54.7 Å². The van der Waals surface area contributed by atoms with Crippen LogP contribution in [0.25, 0.3) is 0 Å². The van der Waals surface area contributed by atoms with E-state index < -0.39 is 22.4 Å². The minimum atomic E-state index is -4.82. The van der Waals surface area contributed by atoms with Crippen molar-refractivity contribution in [3.63, 3.8) is 0 Å². The lowest BCUT2D eigenvalue weighted by molar-refractivity contribution is -0.388. The first-order valence-corrected chi connectivity index (χ1v) is 12.5. The predicted molar refractivity (Wildman–Crippen MR) is 134 cm³/mol. The van der Waals surface area contributed by atoms with Crippen LogP contribution in [-0.2, 0) is 15.7 Å². The molecule has 2 aromatic carbocycles. The maximum Gasteiger partial charge on any atom is 0.423 e. The molecule has 0 atom stereocenters. The zero-order valence-electron chi connectivity index (χ0n) is 20.0. The summed E-state index contributed by atoms with van der Waals surface area (Å²) in [5.41, 5.74) is -0.977. The SMILES string of the molecule is O=C(CO[C@H]1CC[C@H](Nc2ccc([N+](=O)[O-])c(C(F)(F)F)c2)CC1)N1CCN(c2ccc(Cl)cc2)CC1. The number of nitrogens with one attached hydrogen (secondary N) is 1. The number of nitro benzene ring substituents is 1. The van der Waals surface area contributed by atoms with Crippen LogP contribution in [0.1, 0.15) is 31.2 Å². The van der Waals surface area contributed by atoms with Crippen molar-refractivity contribution in [1.82, 2.24) is 4.90 Å². The Balaban J connectivity index is 1.20. The second-order valence-electron chi connectivity index (χ2n) is 9.26. The molecule has 200 valence electrons. The highest BCUT2D eigenvalue weighted by Crippen LogP contribution is 2.38. The number of carbonyl (C=O) groups excluding carboxylic acids is 1. The van der Waals surface area contributed by atoms with Crippen LogP contribution in [0.5, 0.6) is 0 Å². The number of anilines is 2. The van der Waals surface area contributed by atoms with Crippen molar-refractivity contribution in [3.05, 3.63) is 63.2 Å². The maximum absolute atomic E-state index is 13.2. The van der Waals surface area contributed by atoms with Gasteiger partial charge in [0.1, 0.15) is 12.2 Å². The lowest BCUT2D eigenvalue weighted by Crippen LogP contribution is -2.50. The molecule has 1 amide bonds. The molecule has 1 saturated carbocycles. The fourth-order valence-corrected chi connectivity index (χ4v) is 4.89. The number of hydrogen-bond donors (Lipinski definition) is 1. The molecule has 0 unspecified atom stereocenters. The first-order chi connectivity index (χ1) is 17.6. The average molecular weight is 541 g/mol. The van der Waals surface area contributed by atoms with Crippen molar-refractivity contribution >= 4 is 34.6 Å².